The highest BCUT2D eigenvalue weighted by Gasteiger charge is 2.18. The number of benzene rings is 1. The summed E-state index contributed by atoms with van der Waals surface area (Å²) < 4.78 is 1.44. The SMILES string of the molecule is O=C(O)c1cc([N+](=O)[O-])cn1CCCCc1ccccc1. The molecule has 2 aromatic rings. The van der Waals surface area contributed by atoms with Gasteiger partial charge in [0, 0.05) is 12.6 Å². The Kier molecular flexibility index (Phi) is 4.71. The van der Waals surface area contributed by atoms with Gasteiger partial charge in [0.2, 0.25) is 0 Å². The van der Waals surface area contributed by atoms with Gasteiger partial charge in [0.05, 0.1) is 11.1 Å². The zero-order chi connectivity index (χ0) is 15.2. The third kappa shape index (κ3) is 3.92. The van der Waals surface area contributed by atoms with Crippen LogP contribution < -0.4 is 0 Å². The minimum Gasteiger partial charge on any atom is -0.477 e. The van der Waals surface area contributed by atoms with Crippen molar-refractivity contribution in [2.45, 2.75) is 25.8 Å². The molecule has 6 nitrogen and oxygen atoms in total. The van der Waals surface area contributed by atoms with E-state index < -0.39 is 10.9 Å². The van der Waals surface area contributed by atoms with Crippen molar-refractivity contribution in [2.24, 2.45) is 0 Å². The lowest BCUT2D eigenvalue weighted by molar-refractivity contribution is -0.384. The fourth-order valence-electron chi connectivity index (χ4n) is 2.21. The summed E-state index contributed by atoms with van der Waals surface area (Å²) in [7, 11) is 0. The van der Waals surface area contributed by atoms with Crippen LogP contribution in [0.15, 0.2) is 42.6 Å². The average molecular weight is 288 g/mol. The Morgan fingerprint density at radius 1 is 1.24 bits per heavy atom. The van der Waals surface area contributed by atoms with E-state index in [-0.39, 0.29) is 11.4 Å². The van der Waals surface area contributed by atoms with Crippen molar-refractivity contribution in [2.75, 3.05) is 0 Å². The number of unbranched alkanes of at least 4 members (excludes halogenated alkanes) is 1. The van der Waals surface area contributed by atoms with E-state index in [0.29, 0.717) is 6.54 Å². The summed E-state index contributed by atoms with van der Waals surface area (Å²) in [6, 6.07) is 11.1. The first kappa shape index (κ1) is 14.8. The highest BCUT2D eigenvalue weighted by Crippen LogP contribution is 2.17. The van der Waals surface area contributed by atoms with Crippen LogP contribution in [0.2, 0.25) is 0 Å². The quantitative estimate of drug-likeness (QED) is 0.482. The summed E-state index contributed by atoms with van der Waals surface area (Å²) in [5.74, 6) is -1.15. The fourth-order valence-corrected chi connectivity index (χ4v) is 2.21. The number of nitrogens with zero attached hydrogens (tertiary/aromatic N) is 2. The smallest absolute Gasteiger partial charge is 0.352 e. The average Bonchev–Trinajstić information content (AvgIpc) is 2.89. The van der Waals surface area contributed by atoms with Crippen LogP contribution in [0.4, 0.5) is 5.69 Å². The number of carbonyl (C=O) groups is 1. The van der Waals surface area contributed by atoms with Crippen LogP contribution in [0.1, 0.15) is 28.9 Å². The van der Waals surface area contributed by atoms with E-state index in [9.17, 15) is 14.9 Å². The maximum Gasteiger partial charge on any atom is 0.352 e. The zero-order valence-corrected chi connectivity index (χ0v) is 11.4. The third-order valence-corrected chi connectivity index (χ3v) is 3.27. The van der Waals surface area contributed by atoms with E-state index in [2.05, 4.69) is 0 Å². The van der Waals surface area contributed by atoms with E-state index in [1.165, 1.54) is 16.3 Å². The van der Waals surface area contributed by atoms with Crippen molar-refractivity contribution >= 4 is 11.7 Å². The summed E-state index contributed by atoms with van der Waals surface area (Å²) in [6.07, 6.45) is 3.86. The van der Waals surface area contributed by atoms with E-state index in [0.717, 1.165) is 25.3 Å². The number of hydrogen-bond donors (Lipinski definition) is 1. The molecule has 2 rings (SSSR count). The van der Waals surface area contributed by atoms with Gasteiger partial charge in [-0.2, -0.15) is 0 Å². The Morgan fingerprint density at radius 2 is 1.95 bits per heavy atom. The highest BCUT2D eigenvalue weighted by molar-refractivity contribution is 5.86. The van der Waals surface area contributed by atoms with Gasteiger partial charge in [0.15, 0.2) is 0 Å². The first-order valence-corrected chi connectivity index (χ1v) is 6.69. The molecule has 0 spiro atoms. The van der Waals surface area contributed by atoms with Crippen molar-refractivity contribution in [3.05, 3.63) is 64.0 Å². The van der Waals surface area contributed by atoms with Crippen LogP contribution in [0.25, 0.3) is 0 Å². The van der Waals surface area contributed by atoms with Crippen molar-refractivity contribution in [3.63, 3.8) is 0 Å². The molecule has 1 heterocycles. The molecule has 21 heavy (non-hydrogen) atoms. The molecule has 0 amide bonds. The third-order valence-electron chi connectivity index (χ3n) is 3.27. The molecule has 0 aliphatic carbocycles. The van der Waals surface area contributed by atoms with E-state index in [1.807, 2.05) is 30.3 Å². The van der Waals surface area contributed by atoms with Crippen molar-refractivity contribution < 1.29 is 14.8 Å². The maximum absolute atomic E-state index is 11.1. The second-order valence-corrected chi connectivity index (χ2v) is 4.78. The normalized spacial score (nSPS) is 10.5. The predicted octanol–water partition coefficient (Wildman–Crippen LogP) is 3.12. The second-order valence-electron chi connectivity index (χ2n) is 4.78. The highest BCUT2D eigenvalue weighted by atomic mass is 16.6. The molecular weight excluding hydrogens is 272 g/mol. The second kappa shape index (κ2) is 6.69. The molecule has 0 bridgehead atoms. The van der Waals surface area contributed by atoms with Crippen LogP contribution >= 0.6 is 0 Å². The van der Waals surface area contributed by atoms with Crippen LogP contribution in [0.5, 0.6) is 0 Å². The van der Waals surface area contributed by atoms with Gasteiger partial charge in [-0.3, -0.25) is 10.1 Å². The van der Waals surface area contributed by atoms with Crippen molar-refractivity contribution in [1.29, 1.82) is 0 Å². The Balaban J connectivity index is 1.93. The van der Waals surface area contributed by atoms with Crippen LogP contribution in [-0.2, 0) is 13.0 Å². The Bertz CT molecular complexity index is 634. The molecule has 0 radical (unpaired) electrons. The fraction of sp³-hybridized carbons (Fsp3) is 0.267. The van der Waals surface area contributed by atoms with E-state index >= 15 is 0 Å². The summed E-state index contributed by atoms with van der Waals surface area (Å²) in [4.78, 5) is 21.2. The molecule has 1 N–H and O–H groups in total. The standard InChI is InChI=1S/C15H16N2O4/c18-15(19)14-10-13(17(20)21)11-16(14)9-5-4-8-12-6-2-1-3-7-12/h1-3,6-7,10-11H,4-5,8-9H2,(H,18,19). The number of carboxylic acid groups (broad SMARTS) is 1. The monoisotopic (exact) mass is 288 g/mol. The Morgan fingerprint density at radius 3 is 2.57 bits per heavy atom. The van der Waals surface area contributed by atoms with Gasteiger partial charge in [0.1, 0.15) is 5.69 Å². The molecular formula is C15H16N2O4. The first-order valence-electron chi connectivity index (χ1n) is 6.69. The number of aryl methyl sites for hydroxylation is 2. The molecule has 0 aliphatic rings. The van der Waals surface area contributed by atoms with Gasteiger partial charge in [-0.15, -0.1) is 0 Å². The summed E-state index contributed by atoms with van der Waals surface area (Å²) in [5.41, 5.74) is 1.01. The number of hydrogen-bond acceptors (Lipinski definition) is 3. The molecule has 0 unspecified atom stereocenters. The van der Waals surface area contributed by atoms with E-state index in [1.54, 1.807) is 0 Å². The first-order chi connectivity index (χ1) is 10.1. The summed E-state index contributed by atoms with van der Waals surface area (Å²) in [5, 5.41) is 19.8. The Labute approximate surface area is 121 Å². The number of aromatic nitrogens is 1. The molecule has 110 valence electrons. The van der Waals surface area contributed by atoms with Crippen LogP contribution in [-0.4, -0.2) is 20.6 Å². The minimum atomic E-state index is -1.15. The van der Waals surface area contributed by atoms with Gasteiger partial charge in [-0.05, 0) is 24.8 Å². The lowest BCUT2D eigenvalue weighted by atomic mass is 10.1. The molecule has 1 aromatic carbocycles. The van der Waals surface area contributed by atoms with Crippen molar-refractivity contribution in [3.8, 4) is 0 Å². The summed E-state index contributed by atoms with van der Waals surface area (Å²) in [6.45, 7) is 0.461. The predicted molar refractivity (Wildman–Crippen MR) is 77.4 cm³/mol. The van der Waals surface area contributed by atoms with Gasteiger partial charge in [-0.25, -0.2) is 4.79 Å². The number of rotatable bonds is 7. The molecule has 0 atom stereocenters. The van der Waals surface area contributed by atoms with Gasteiger partial charge in [-0.1, -0.05) is 30.3 Å². The Hall–Kier alpha value is -2.63. The molecule has 0 fully saturated rings. The van der Waals surface area contributed by atoms with Gasteiger partial charge < -0.3 is 9.67 Å². The lowest BCUT2D eigenvalue weighted by Crippen LogP contribution is -2.07. The maximum atomic E-state index is 11.1. The zero-order valence-electron chi connectivity index (χ0n) is 11.4. The van der Waals surface area contributed by atoms with Crippen molar-refractivity contribution in [1.82, 2.24) is 4.57 Å². The van der Waals surface area contributed by atoms with Crippen LogP contribution in [0, 0.1) is 10.1 Å². The lowest BCUT2D eigenvalue weighted by Gasteiger charge is -2.05. The van der Waals surface area contributed by atoms with Gasteiger partial charge in [0.25, 0.3) is 5.69 Å². The molecule has 1 aromatic heterocycles. The van der Waals surface area contributed by atoms with E-state index in [4.69, 9.17) is 5.11 Å². The minimum absolute atomic E-state index is 0.0404. The van der Waals surface area contributed by atoms with Gasteiger partial charge >= 0.3 is 5.97 Å². The number of nitro groups is 1. The number of carboxylic acids is 1. The molecule has 0 saturated carbocycles. The van der Waals surface area contributed by atoms with Crippen LogP contribution in [0.3, 0.4) is 0 Å². The molecule has 0 aliphatic heterocycles. The largest absolute Gasteiger partial charge is 0.477 e. The molecule has 6 heteroatoms. The topological polar surface area (TPSA) is 85.4 Å². The molecule has 0 saturated heterocycles. The summed E-state index contributed by atoms with van der Waals surface area (Å²) >= 11 is 0. The number of aromatic carboxylic acids is 1.